The van der Waals surface area contributed by atoms with Crippen molar-refractivity contribution in [3.05, 3.63) is 105 Å². The number of aromatic nitrogens is 1. The molecule has 0 bridgehead atoms. The van der Waals surface area contributed by atoms with Crippen LogP contribution in [0.2, 0.25) is 5.02 Å². The second-order valence-electron chi connectivity index (χ2n) is 8.51. The number of aryl methyl sites for hydroxylation is 1. The summed E-state index contributed by atoms with van der Waals surface area (Å²) in [4.78, 5) is 10.8. The molecule has 0 atom stereocenters. The minimum atomic E-state index is -4.08. The third kappa shape index (κ3) is 6.39. The molecule has 0 saturated heterocycles. The number of hydrazone groups is 1. The third-order valence-corrected chi connectivity index (χ3v) is 7.47. The highest BCUT2D eigenvalue weighted by Gasteiger charge is 2.22. The summed E-state index contributed by atoms with van der Waals surface area (Å²) in [5.74, 6) is 0.788. The Bertz CT molecular complexity index is 1630. The number of rotatable bonds is 10. The molecule has 0 aliphatic heterocycles. The van der Waals surface area contributed by atoms with Gasteiger partial charge in [0.05, 0.1) is 22.6 Å². The average Bonchev–Trinajstić information content (AvgIpc) is 3.18. The summed E-state index contributed by atoms with van der Waals surface area (Å²) in [5, 5.41) is 16.4. The number of nitro benzene ring substituents is 1. The summed E-state index contributed by atoms with van der Waals surface area (Å²) in [6.07, 6.45) is 1.56. The molecule has 39 heavy (non-hydrogen) atoms. The largest absolute Gasteiger partial charge is 0.494 e. The number of nitrogens with one attached hydrogen (secondary N) is 2. The van der Waals surface area contributed by atoms with Crippen LogP contribution in [0.25, 0.3) is 5.69 Å². The van der Waals surface area contributed by atoms with Crippen LogP contribution in [-0.2, 0) is 10.0 Å². The van der Waals surface area contributed by atoms with Gasteiger partial charge in [-0.3, -0.25) is 20.3 Å². The summed E-state index contributed by atoms with van der Waals surface area (Å²) in [6, 6.07) is 19.3. The van der Waals surface area contributed by atoms with E-state index in [1.54, 1.807) is 6.21 Å². The zero-order valence-corrected chi connectivity index (χ0v) is 23.0. The lowest BCUT2D eigenvalue weighted by atomic mass is 10.2. The highest BCUT2D eigenvalue weighted by molar-refractivity contribution is 7.92. The Morgan fingerprint density at radius 3 is 2.38 bits per heavy atom. The molecule has 0 saturated carbocycles. The van der Waals surface area contributed by atoms with Crippen molar-refractivity contribution in [2.75, 3.05) is 16.8 Å². The molecule has 4 rings (SSSR count). The van der Waals surface area contributed by atoms with Crippen molar-refractivity contribution >= 4 is 44.9 Å². The van der Waals surface area contributed by atoms with Crippen molar-refractivity contribution < 1.29 is 18.1 Å². The smallest absolute Gasteiger partial charge is 0.295 e. The molecule has 4 aromatic rings. The summed E-state index contributed by atoms with van der Waals surface area (Å²) >= 11 is 5.84. The molecule has 0 aliphatic rings. The maximum absolute atomic E-state index is 12.8. The van der Waals surface area contributed by atoms with Gasteiger partial charge in [0, 0.05) is 39.4 Å². The first-order valence-corrected chi connectivity index (χ1v) is 13.7. The number of nitrogens with zero attached hydrogens (tertiary/aromatic N) is 3. The predicted octanol–water partition coefficient (Wildman–Crippen LogP) is 6.30. The fraction of sp³-hybridized carbons (Fsp3) is 0.148. The molecule has 3 aromatic carbocycles. The van der Waals surface area contributed by atoms with E-state index in [0.29, 0.717) is 11.6 Å². The topological polar surface area (TPSA) is 128 Å². The Morgan fingerprint density at radius 2 is 1.74 bits per heavy atom. The quantitative estimate of drug-likeness (QED) is 0.131. The summed E-state index contributed by atoms with van der Waals surface area (Å²) < 4.78 is 35.5. The number of sulfonamides is 1. The first-order valence-electron chi connectivity index (χ1n) is 11.9. The van der Waals surface area contributed by atoms with Crippen molar-refractivity contribution in [1.29, 1.82) is 0 Å². The van der Waals surface area contributed by atoms with Crippen LogP contribution in [0.5, 0.6) is 5.75 Å². The first-order chi connectivity index (χ1) is 18.6. The van der Waals surface area contributed by atoms with Crippen LogP contribution in [0.4, 0.5) is 17.1 Å². The molecule has 12 heteroatoms. The maximum Gasteiger partial charge on any atom is 0.295 e. The molecular weight excluding hydrogens is 542 g/mol. The molecule has 202 valence electrons. The lowest BCUT2D eigenvalue weighted by Crippen LogP contribution is -2.13. The zero-order valence-electron chi connectivity index (χ0n) is 21.4. The second kappa shape index (κ2) is 11.6. The van der Waals surface area contributed by atoms with Crippen LogP contribution >= 0.6 is 11.6 Å². The van der Waals surface area contributed by atoms with Crippen molar-refractivity contribution in [2.45, 2.75) is 25.7 Å². The molecule has 0 radical (unpaired) electrons. The van der Waals surface area contributed by atoms with Crippen molar-refractivity contribution in [3.8, 4) is 11.4 Å². The van der Waals surface area contributed by atoms with Gasteiger partial charge in [-0.15, -0.1) is 0 Å². The normalized spacial score (nSPS) is 11.5. The summed E-state index contributed by atoms with van der Waals surface area (Å²) in [5.41, 5.74) is 6.21. The van der Waals surface area contributed by atoms with Gasteiger partial charge in [-0.2, -0.15) is 5.10 Å². The highest BCUT2D eigenvalue weighted by Crippen LogP contribution is 2.29. The van der Waals surface area contributed by atoms with Crippen molar-refractivity contribution in [3.63, 3.8) is 0 Å². The van der Waals surface area contributed by atoms with Crippen LogP contribution in [0.15, 0.2) is 82.8 Å². The van der Waals surface area contributed by atoms with E-state index >= 15 is 0 Å². The zero-order chi connectivity index (χ0) is 28.2. The fourth-order valence-corrected chi connectivity index (χ4v) is 5.21. The Morgan fingerprint density at radius 1 is 1.05 bits per heavy atom. The van der Waals surface area contributed by atoms with E-state index in [4.69, 9.17) is 16.3 Å². The highest BCUT2D eigenvalue weighted by atomic mass is 35.5. The van der Waals surface area contributed by atoms with Crippen molar-refractivity contribution in [1.82, 2.24) is 4.57 Å². The van der Waals surface area contributed by atoms with Gasteiger partial charge in [-0.1, -0.05) is 11.6 Å². The number of hydrogen-bond donors (Lipinski definition) is 2. The number of anilines is 2. The van der Waals surface area contributed by atoms with Crippen LogP contribution in [-0.4, -0.2) is 30.7 Å². The van der Waals surface area contributed by atoms with Gasteiger partial charge in [-0.05, 0) is 87.5 Å². The standard InChI is InChI=1S/C27H26ClN5O5S/c1-4-38-24-11-9-23(10-12-24)32-18(2)15-20(19(32)3)17-29-30-26-14-13-25(16-27(26)33(34)35)39(36,37)31-22-7-5-21(28)6-8-22/h5-17,30-31H,4H2,1-3H3. The Kier molecular flexibility index (Phi) is 8.22. The molecular formula is C27H26ClN5O5S. The third-order valence-electron chi connectivity index (χ3n) is 5.84. The number of halogens is 1. The second-order valence-corrected chi connectivity index (χ2v) is 10.6. The molecule has 2 N–H and O–H groups in total. The van der Waals surface area contributed by atoms with E-state index in [0.717, 1.165) is 34.5 Å². The van der Waals surface area contributed by atoms with Gasteiger partial charge < -0.3 is 9.30 Å². The van der Waals surface area contributed by atoms with Crippen LogP contribution in [0.1, 0.15) is 23.9 Å². The monoisotopic (exact) mass is 567 g/mol. The molecule has 1 heterocycles. The van der Waals surface area contributed by atoms with E-state index in [1.165, 1.54) is 36.4 Å². The number of nitro groups is 1. The molecule has 1 aromatic heterocycles. The molecule has 0 amide bonds. The van der Waals surface area contributed by atoms with E-state index < -0.39 is 20.6 Å². The number of ether oxygens (including phenoxy) is 1. The van der Waals surface area contributed by atoms with Gasteiger partial charge in [0.1, 0.15) is 11.4 Å². The van der Waals surface area contributed by atoms with Crippen LogP contribution in [0.3, 0.4) is 0 Å². The maximum atomic E-state index is 12.8. The first kappa shape index (κ1) is 27.7. The van der Waals surface area contributed by atoms with Crippen molar-refractivity contribution in [2.24, 2.45) is 5.10 Å². The number of benzene rings is 3. The molecule has 0 spiro atoms. The predicted molar refractivity (Wildman–Crippen MR) is 153 cm³/mol. The Balaban J connectivity index is 1.54. The fourth-order valence-electron chi connectivity index (χ4n) is 4.00. The minimum absolute atomic E-state index is 0.0435. The van der Waals surface area contributed by atoms with Gasteiger partial charge in [-0.25, -0.2) is 8.42 Å². The lowest BCUT2D eigenvalue weighted by Gasteiger charge is -2.11. The summed E-state index contributed by atoms with van der Waals surface area (Å²) in [7, 11) is -4.08. The van der Waals surface area contributed by atoms with E-state index in [-0.39, 0.29) is 16.3 Å². The molecule has 10 nitrogen and oxygen atoms in total. The van der Waals surface area contributed by atoms with Gasteiger partial charge >= 0.3 is 0 Å². The SMILES string of the molecule is CCOc1ccc(-n2c(C)cc(C=NNc3ccc(S(=O)(=O)Nc4ccc(Cl)cc4)cc3[N+](=O)[O-])c2C)cc1. The van der Waals surface area contributed by atoms with Crippen LogP contribution in [0, 0.1) is 24.0 Å². The van der Waals surface area contributed by atoms with E-state index in [2.05, 4.69) is 19.8 Å². The Labute approximate surface area is 231 Å². The lowest BCUT2D eigenvalue weighted by molar-refractivity contribution is -0.384. The summed E-state index contributed by atoms with van der Waals surface area (Å²) in [6.45, 7) is 6.43. The van der Waals surface area contributed by atoms with Gasteiger partial charge in [0.15, 0.2) is 0 Å². The Hall–Kier alpha value is -4.35. The number of hydrogen-bond acceptors (Lipinski definition) is 7. The van der Waals surface area contributed by atoms with Crippen LogP contribution < -0.4 is 14.9 Å². The van der Waals surface area contributed by atoms with E-state index in [1.807, 2.05) is 51.1 Å². The van der Waals surface area contributed by atoms with E-state index in [9.17, 15) is 18.5 Å². The van der Waals surface area contributed by atoms with Gasteiger partial charge in [0.2, 0.25) is 0 Å². The molecule has 0 fully saturated rings. The molecule has 0 unspecified atom stereocenters. The minimum Gasteiger partial charge on any atom is -0.494 e. The molecule has 0 aliphatic carbocycles. The average molecular weight is 568 g/mol. The van der Waals surface area contributed by atoms with Gasteiger partial charge in [0.25, 0.3) is 15.7 Å².